The molecule has 0 aromatic heterocycles. The minimum Gasteiger partial charge on any atom is -0.374 e. The first-order valence-corrected chi connectivity index (χ1v) is 6.22. The van der Waals surface area contributed by atoms with Gasteiger partial charge in [-0.3, -0.25) is 16.2 Å². The maximum atomic E-state index is 12.2. The van der Waals surface area contributed by atoms with Crippen LogP contribution in [0.25, 0.3) is 0 Å². The summed E-state index contributed by atoms with van der Waals surface area (Å²) in [5.41, 5.74) is 2.45. The minimum absolute atomic E-state index is 0.0589. The number of ether oxygens (including phenoxy) is 1. The summed E-state index contributed by atoms with van der Waals surface area (Å²) in [6.07, 6.45) is -5.34. The van der Waals surface area contributed by atoms with Crippen LogP contribution in [0.1, 0.15) is 26.7 Å². The van der Waals surface area contributed by atoms with Gasteiger partial charge in [0.15, 0.2) is 0 Å². The average molecular weight is 269 g/mol. The summed E-state index contributed by atoms with van der Waals surface area (Å²) < 4.78 is 42.1. The molecular formula is C11H22F3N3O. The first kappa shape index (κ1) is 15.7. The molecule has 0 aliphatic carbocycles. The van der Waals surface area contributed by atoms with E-state index in [-0.39, 0.29) is 12.5 Å². The minimum atomic E-state index is -4.15. The van der Waals surface area contributed by atoms with E-state index >= 15 is 0 Å². The van der Waals surface area contributed by atoms with Crippen molar-refractivity contribution in [2.75, 3.05) is 19.7 Å². The summed E-state index contributed by atoms with van der Waals surface area (Å²) in [6, 6.07) is -0.106. The molecule has 3 N–H and O–H groups in total. The van der Waals surface area contributed by atoms with E-state index in [9.17, 15) is 13.2 Å². The van der Waals surface area contributed by atoms with Crippen LogP contribution in [-0.4, -0.2) is 49.0 Å². The molecule has 0 bridgehead atoms. The van der Waals surface area contributed by atoms with Crippen molar-refractivity contribution in [3.63, 3.8) is 0 Å². The fourth-order valence-corrected chi connectivity index (χ4v) is 2.10. The van der Waals surface area contributed by atoms with E-state index in [1.54, 1.807) is 0 Å². The molecule has 0 amide bonds. The topological polar surface area (TPSA) is 50.5 Å². The highest BCUT2D eigenvalue weighted by Crippen LogP contribution is 2.24. The molecule has 0 aromatic rings. The van der Waals surface area contributed by atoms with E-state index < -0.39 is 18.6 Å². The van der Waals surface area contributed by atoms with Crippen LogP contribution in [0, 0.1) is 0 Å². The third kappa shape index (κ3) is 5.09. The number of alkyl halides is 3. The second-order valence-corrected chi connectivity index (χ2v) is 4.92. The zero-order valence-electron chi connectivity index (χ0n) is 10.8. The number of rotatable bonds is 5. The molecule has 2 unspecified atom stereocenters. The smallest absolute Gasteiger partial charge is 0.374 e. The predicted molar refractivity (Wildman–Crippen MR) is 62.8 cm³/mol. The fraction of sp³-hybridized carbons (Fsp3) is 1.00. The molecule has 1 fully saturated rings. The summed E-state index contributed by atoms with van der Waals surface area (Å²) in [4.78, 5) is 2.19. The average Bonchev–Trinajstić information content (AvgIpc) is 2.28. The van der Waals surface area contributed by atoms with Gasteiger partial charge in [-0.2, -0.15) is 13.2 Å². The lowest BCUT2D eigenvalue weighted by Crippen LogP contribution is -2.55. The second kappa shape index (κ2) is 6.70. The van der Waals surface area contributed by atoms with Crippen molar-refractivity contribution in [3.8, 4) is 0 Å². The largest absolute Gasteiger partial charge is 0.389 e. The Hall–Kier alpha value is -0.370. The van der Waals surface area contributed by atoms with Gasteiger partial charge in [-0.1, -0.05) is 0 Å². The molecule has 1 rings (SSSR count). The number of halogens is 3. The number of nitrogens with zero attached hydrogens (tertiary/aromatic N) is 1. The molecule has 18 heavy (non-hydrogen) atoms. The fourth-order valence-electron chi connectivity index (χ4n) is 2.10. The Balaban J connectivity index is 2.48. The number of hydrogen-bond acceptors (Lipinski definition) is 4. The molecule has 1 aliphatic heterocycles. The van der Waals surface area contributed by atoms with Gasteiger partial charge in [0.25, 0.3) is 0 Å². The predicted octanol–water partition coefficient (Wildman–Crippen LogP) is 1.27. The van der Waals surface area contributed by atoms with Crippen LogP contribution in [-0.2, 0) is 4.74 Å². The van der Waals surface area contributed by atoms with Gasteiger partial charge in [0, 0.05) is 31.6 Å². The van der Waals surface area contributed by atoms with Crippen molar-refractivity contribution in [1.29, 1.82) is 0 Å². The Morgan fingerprint density at radius 2 is 2.11 bits per heavy atom. The molecule has 1 aliphatic rings. The maximum absolute atomic E-state index is 12.2. The van der Waals surface area contributed by atoms with Crippen LogP contribution >= 0.6 is 0 Å². The van der Waals surface area contributed by atoms with Gasteiger partial charge in [-0.25, -0.2) is 0 Å². The molecule has 2 atom stereocenters. The molecule has 108 valence electrons. The first-order chi connectivity index (χ1) is 8.33. The molecular weight excluding hydrogens is 247 g/mol. The molecule has 0 spiro atoms. The van der Waals surface area contributed by atoms with Crippen molar-refractivity contribution in [2.24, 2.45) is 5.84 Å². The van der Waals surface area contributed by atoms with Crippen molar-refractivity contribution < 1.29 is 17.9 Å². The zero-order valence-corrected chi connectivity index (χ0v) is 10.8. The lowest BCUT2D eigenvalue weighted by atomic mass is 10.0. The highest BCUT2D eigenvalue weighted by molar-refractivity contribution is 4.83. The Bertz CT molecular complexity index is 248. The lowest BCUT2D eigenvalue weighted by Gasteiger charge is -2.38. The van der Waals surface area contributed by atoms with Crippen molar-refractivity contribution in [1.82, 2.24) is 10.3 Å². The summed E-state index contributed by atoms with van der Waals surface area (Å²) >= 11 is 0. The molecule has 0 saturated carbocycles. The highest BCUT2D eigenvalue weighted by Gasteiger charge is 2.33. The van der Waals surface area contributed by atoms with Crippen LogP contribution in [0.3, 0.4) is 0 Å². The van der Waals surface area contributed by atoms with Gasteiger partial charge < -0.3 is 4.74 Å². The van der Waals surface area contributed by atoms with Crippen molar-refractivity contribution in [2.45, 2.75) is 51.1 Å². The third-order valence-electron chi connectivity index (χ3n) is 3.26. The number of nitrogens with two attached hydrogens (primary N) is 1. The van der Waals surface area contributed by atoms with Crippen LogP contribution in [0.2, 0.25) is 0 Å². The van der Waals surface area contributed by atoms with Crippen LogP contribution < -0.4 is 11.3 Å². The van der Waals surface area contributed by atoms with E-state index in [1.165, 1.54) is 0 Å². The summed E-state index contributed by atoms with van der Waals surface area (Å²) in [7, 11) is 0. The summed E-state index contributed by atoms with van der Waals surface area (Å²) in [6.45, 7) is 6.08. The Morgan fingerprint density at radius 3 is 2.61 bits per heavy atom. The van der Waals surface area contributed by atoms with E-state index in [4.69, 9.17) is 10.6 Å². The van der Waals surface area contributed by atoms with Crippen molar-refractivity contribution in [3.05, 3.63) is 0 Å². The van der Waals surface area contributed by atoms with E-state index in [0.29, 0.717) is 19.2 Å². The Kier molecular flexibility index (Phi) is 5.84. The lowest BCUT2D eigenvalue weighted by molar-refractivity contribution is -0.140. The summed E-state index contributed by atoms with van der Waals surface area (Å²) in [5.74, 6) is 5.34. The maximum Gasteiger partial charge on any atom is 0.389 e. The van der Waals surface area contributed by atoms with Gasteiger partial charge in [0.2, 0.25) is 0 Å². The highest BCUT2D eigenvalue weighted by atomic mass is 19.4. The third-order valence-corrected chi connectivity index (χ3v) is 3.26. The first-order valence-electron chi connectivity index (χ1n) is 6.22. The number of hydrogen-bond donors (Lipinski definition) is 2. The van der Waals surface area contributed by atoms with E-state index in [2.05, 4.69) is 24.2 Å². The normalized spacial score (nSPS) is 24.5. The quantitative estimate of drug-likeness (QED) is 0.583. The monoisotopic (exact) mass is 269 g/mol. The zero-order chi connectivity index (χ0) is 13.8. The second-order valence-electron chi connectivity index (χ2n) is 4.92. The summed E-state index contributed by atoms with van der Waals surface area (Å²) in [5, 5.41) is 0. The SMILES string of the molecule is CC(C)N1CCOC(C(CCC(F)(F)F)NN)C1. The molecule has 7 heteroatoms. The molecule has 0 aromatic carbocycles. The Morgan fingerprint density at radius 1 is 1.44 bits per heavy atom. The molecule has 0 radical (unpaired) electrons. The molecule has 4 nitrogen and oxygen atoms in total. The van der Waals surface area contributed by atoms with Gasteiger partial charge in [-0.15, -0.1) is 0 Å². The molecule has 1 saturated heterocycles. The van der Waals surface area contributed by atoms with E-state index in [0.717, 1.165) is 6.54 Å². The van der Waals surface area contributed by atoms with Gasteiger partial charge in [-0.05, 0) is 20.3 Å². The van der Waals surface area contributed by atoms with Crippen LogP contribution in [0.5, 0.6) is 0 Å². The number of morpholine rings is 1. The van der Waals surface area contributed by atoms with Gasteiger partial charge in [0.05, 0.1) is 12.7 Å². The van der Waals surface area contributed by atoms with Gasteiger partial charge >= 0.3 is 6.18 Å². The molecule has 1 heterocycles. The van der Waals surface area contributed by atoms with E-state index in [1.807, 2.05) is 0 Å². The number of hydrazine groups is 1. The number of nitrogens with one attached hydrogen (secondary N) is 1. The van der Waals surface area contributed by atoms with Crippen molar-refractivity contribution >= 4 is 0 Å². The van der Waals surface area contributed by atoms with Crippen LogP contribution in [0.4, 0.5) is 13.2 Å². The Labute approximate surface area is 106 Å². The van der Waals surface area contributed by atoms with Gasteiger partial charge in [0.1, 0.15) is 0 Å². The standard InChI is InChI=1S/C11H22F3N3O/c1-8(2)17-5-6-18-10(7-17)9(16-15)3-4-11(12,13)14/h8-10,16H,3-7,15H2,1-2H3. The van der Waals surface area contributed by atoms with Crippen LogP contribution in [0.15, 0.2) is 0 Å².